The minimum Gasteiger partial charge on any atom is -0.409 e. The second kappa shape index (κ2) is 12.3. The zero-order valence-electron chi connectivity index (χ0n) is 16.2. The monoisotopic (exact) mass is 519 g/mol. The number of aliphatic hydroxyl groups excluding tert-OH is 1. The van der Waals surface area contributed by atoms with Gasteiger partial charge in [-0.05, 0) is 46.5 Å². The molecule has 10 heteroatoms. The molecule has 1 unspecified atom stereocenters. The largest absolute Gasteiger partial charge is 0.475 e. The summed E-state index contributed by atoms with van der Waals surface area (Å²) in [6.07, 6.45) is -0.144. The van der Waals surface area contributed by atoms with E-state index < -0.39 is 13.3 Å². The smallest absolute Gasteiger partial charge is 0.409 e. The van der Waals surface area contributed by atoms with Crippen LogP contribution in [0.3, 0.4) is 0 Å². The molecule has 2 rings (SSSR count). The van der Waals surface area contributed by atoms with Gasteiger partial charge in [-0.2, -0.15) is 0 Å². The van der Waals surface area contributed by atoms with Crippen molar-refractivity contribution in [3.63, 3.8) is 0 Å². The van der Waals surface area contributed by atoms with Crippen LogP contribution in [-0.4, -0.2) is 63.1 Å². The van der Waals surface area contributed by atoms with Crippen molar-refractivity contribution in [2.24, 2.45) is 5.92 Å². The molecule has 0 bridgehead atoms. The lowest BCUT2D eigenvalue weighted by Crippen LogP contribution is -2.55. The molecule has 156 valence electrons. The molecule has 1 aliphatic rings. The van der Waals surface area contributed by atoms with Gasteiger partial charge in [0, 0.05) is 41.2 Å². The highest BCUT2D eigenvalue weighted by Crippen LogP contribution is 2.21. The molecular formula is C18H28BBr2N3O4. The molecule has 28 heavy (non-hydrogen) atoms. The summed E-state index contributed by atoms with van der Waals surface area (Å²) < 4.78 is 13.1. The molecule has 4 N–H and O–H groups in total. The third-order valence-electron chi connectivity index (χ3n) is 4.21. The molecule has 0 radical (unpaired) electrons. The number of amides is 1. The molecule has 1 heterocycles. The molecular weight excluding hydrogens is 493 g/mol. The van der Waals surface area contributed by atoms with Gasteiger partial charge in [0.25, 0.3) is 5.91 Å². The lowest BCUT2D eigenvalue weighted by atomic mass is 9.73. The Morgan fingerprint density at radius 2 is 1.96 bits per heavy atom. The fourth-order valence-corrected chi connectivity index (χ4v) is 3.72. The van der Waals surface area contributed by atoms with E-state index in [0.29, 0.717) is 29.2 Å². The summed E-state index contributed by atoms with van der Waals surface area (Å²) in [7, 11) is -0.436. The lowest BCUT2D eigenvalue weighted by molar-refractivity contribution is 0.0850. The number of rotatable bonds is 8. The van der Waals surface area contributed by atoms with Gasteiger partial charge in [-0.1, -0.05) is 29.8 Å². The molecule has 2 atom stereocenters. The van der Waals surface area contributed by atoms with Gasteiger partial charge in [0.1, 0.15) is 6.23 Å². The number of hydrogen-bond acceptors (Lipinski definition) is 6. The maximum Gasteiger partial charge on any atom is 0.475 e. The molecule has 1 aliphatic heterocycles. The van der Waals surface area contributed by atoms with Gasteiger partial charge in [-0.25, -0.2) is 0 Å². The van der Waals surface area contributed by atoms with Crippen LogP contribution in [0.1, 0.15) is 30.6 Å². The van der Waals surface area contributed by atoms with Gasteiger partial charge in [0.15, 0.2) is 0 Å². The van der Waals surface area contributed by atoms with E-state index in [1.165, 1.54) is 0 Å². The van der Waals surface area contributed by atoms with Gasteiger partial charge < -0.3 is 25.0 Å². The topological polar surface area (TPSA) is 91.9 Å². The number of benzene rings is 1. The normalized spacial score (nSPS) is 17.7. The van der Waals surface area contributed by atoms with E-state index in [2.05, 4.69) is 61.7 Å². The Balaban J connectivity index is 1.91. The van der Waals surface area contributed by atoms with Gasteiger partial charge in [-0.15, -0.1) is 0 Å². The molecule has 1 fully saturated rings. The van der Waals surface area contributed by atoms with E-state index in [4.69, 9.17) is 9.31 Å². The first-order chi connectivity index (χ1) is 13.4. The molecule has 0 aliphatic carbocycles. The Morgan fingerprint density at radius 1 is 1.29 bits per heavy atom. The minimum absolute atomic E-state index is 0.0701. The van der Waals surface area contributed by atoms with Crippen LogP contribution in [0.25, 0.3) is 0 Å². The minimum atomic E-state index is -0.922. The van der Waals surface area contributed by atoms with Gasteiger partial charge in [0.2, 0.25) is 0 Å². The highest BCUT2D eigenvalue weighted by atomic mass is 79.9. The van der Waals surface area contributed by atoms with Crippen molar-refractivity contribution in [3.8, 4) is 0 Å². The zero-order valence-corrected chi connectivity index (χ0v) is 19.4. The standard InChI is InChI=1S/C18H28BBr2N3O4/c1-12(2)9-16(19-27-7-5-22-6-8-28-19)24-17(25)11-23-18(26)14-10-13(20)3-4-15(14)21/h3-4,10,12,16-17,22,24-25H,5-9,11H2,1-2H3,(H,23,26)/t16-,17?/m0/s1. The van der Waals surface area contributed by atoms with Crippen LogP contribution in [0.2, 0.25) is 0 Å². The molecule has 1 amide bonds. The number of carbonyl (C=O) groups excluding carboxylic acids is 1. The Labute approximate surface area is 183 Å². The summed E-state index contributed by atoms with van der Waals surface area (Å²) in [6.45, 7) is 6.93. The first kappa shape index (κ1) is 23.8. The molecule has 1 aromatic rings. The van der Waals surface area contributed by atoms with Crippen molar-refractivity contribution >= 4 is 44.9 Å². The molecule has 1 aromatic carbocycles. The Morgan fingerprint density at radius 3 is 2.61 bits per heavy atom. The van der Waals surface area contributed by atoms with Crippen LogP contribution in [0.5, 0.6) is 0 Å². The SMILES string of the molecule is CC(C)C[C@H](NC(O)CNC(=O)c1cc(Br)ccc1Br)B1OCCNCCO1. The van der Waals surface area contributed by atoms with Crippen LogP contribution >= 0.6 is 31.9 Å². The number of halogens is 2. The maximum atomic E-state index is 12.4. The molecule has 1 saturated heterocycles. The predicted octanol–water partition coefficient (Wildman–Crippen LogP) is 1.93. The number of carbonyl (C=O) groups is 1. The summed E-state index contributed by atoms with van der Waals surface area (Å²) in [6, 6.07) is 5.37. The van der Waals surface area contributed by atoms with Crippen molar-refractivity contribution in [1.29, 1.82) is 0 Å². The fraction of sp³-hybridized carbons (Fsp3) is 0.611. The molecule has 7 nitrogen and oxygen atoms in total. The highest BCUT2D eigenvalue weighted by molar-refractivity contribution is 9.11. The Hall–Kier alpha value is -0.485. The quantitative estimate of drug-likeness (QED) is 0.309. The number of hydrogen-bond donors (Lipinski definition) is 4. The van der Waals surface area contributed by atoms with Crippen molar-refractivity contribution in [3.05, 3.63) is 32.7 Å². The van der Waals surface area contributed by atoms with E-state index in [1.807, 2.05) is 6.07 Å². The average Bonchev–Trinajstić information content (AvgIpc) is 2.60. The second-order valence-electron chi connectivity index (χ2n) is 7.11. The maximum absolute atomic E-state index is 12.4. The summed E-state index contributed by atoms with van der Waals surface area (Å²) in [5, 5.41) is 19.6. The summed E-state index contributed by atoms with van der Waals surface area (Å²) >= 11 is 6.73. The summed E-state index contributed by atoms with van der Waals surface area (Å²) in [4.78, 5) is 12.4. The predicted molar refractivity (Wildman–Crippen MR) is 117 cm³/mol. The van der Waals surface area contributed by atoms with Crippen molar-refractivity contribution < 1.29 is 19.2 Å². The fourth-order valence-electron chi connectivity index (χ4n) is 2.93. The third-order valence-corrected chi connectivity index (χ3v) is 5.40. The van der Waals surface area contributed by atoms with E-state index in [-0.39, 0.29) is 18.4 Å². The second-order valence-corrected chi connectivity index (χ2v) is 8.88. The third kappa shape index (κ3) is 8.10. The van der Waals surface area contributed by atoms with Crippen molar-refractivity contribution in [1.82, 2.24) is 16.0 Å². The van der Waals surface area contributed by atoms with Crippen LogP contribution in [0.4, 0.5) is 0 Å². The molecule has 0 aromatic heterocycles. The van der Waals surface area contributed by atoms with Crippen LogP contribution in [0, 0.1) is 5.92 Å². The van der Waals surface area contributed by atoms with Crippen molar-refractivity contribution in [2.45, 2.75) is 32.4 Å². The van der Waals surface area contributed by atoms with E-state index in [1.54, 1.807) is 12.1 Å². The van der Waals surface area contributed by atoms with Crippen LogP contribution < -0.4 is 16.0 Å². The zero-order chi connectivity index (χ0) is 20.5. The highest BCUT2D eigenvalue weighted by Gasteiger charge is 2.33. The van der Waals surface area contributed by atoms with E-state index >= 15 is 0 Å². The average molecular weight is 521 g/mol. The molecule has 0 spiro atoms. The lowest BCUT2D eigenvalue weighted by Gasteiger charge is -2.29. The molecule has 0 saturated carbocycles. The number of aliphatic hydroxyl groups is 1. The first-order valence-corrected chi connectivity index (χ1v) is 11.1. The van der Waals surface area contributed by atoms with Crippen LogP contribution in [0.15, 0.2) is 27.1 Å². The summed E-state index contributed by atoms with van der Waals surface area (Å²) in [5.74, 6) is -0.0470. The number of nitrogens with one attached hydrogen (secondary N) is 3. The Bertz CT molecular complexity index is 631. The van der Waals surface area contributed by atoms with Gasteiger partial charge in [0.05, 0.1) is 12.1 Å². The van der Waals surface area contributed by atoms with Gasteiger partial charge >= 0.3 is 7.12 Å². The van der Waals surface area contributed by atoms with Crippen LogP contribution in [-0.2, 0) is 9.31 Å². The van der Waals surface area contributed by atoms with Gasteiger partial charge in [-0.3, -0.25) is 10.1 Å². The summed E-state index contributed by atoms with van der Waals surface area (Å²) in [5.41, 5.74) is 0.500. The van der Waals surface area contributed by atoms with E-state index in [9.17, 15) is 9.90 Å². The Kier molecular flexibility index (Phi) is 10.4. The van der Waals surface area contributed by atoms with Crippen molar-refractivity contribution in [2.75, 3.05) is 32.8 Å². The van der Waals surface area contributed by atoms with E-state index in [0.717, 1.165) is 24.0 Å². The first-order valence-electron chi connectivity index (χ1n) is 9.48.